The van der Waals surface area contributed by atoms with Crippen LogP contribution in [0.25, 0.3) is 0 Å². The number of hydrogen-bond acceptors (Lipinski definition) is 6. The van der Waals surface area contributed by atoms with Crippen molar-refractivity contribution in [3.63, 3.8) is 0 Å². The van der Waals surface area contributed by atoms with Gasteiger partial charge in [0.2, 0.25) is 0 Å². The molecule has 0 bridgehead atoms. The molecule has 0 saturated carbocycles. The largest absolute Gasteiger partial charge is 0.424 e. The van der Waals surface area contributed by atoms with Crippen LogP contribution in [-0.4, -0.2) is 36.0 Å². The first-order valence-corrected chi connectivity index (χ1v) is 9.90. The zero-order chi connectivity index (χ0) is 18.7. The summed E-state index contributed by atoms with van der Waals surface area (Å²) in [4.78, 5) is 25.9. The normalized spacial score (nSPS) is 15.7. The molecule has 26 heavy (non-hydrogen) atoms. The van der Waals surface area contributed by atoms with Crippen LogP contribution in [-0.2, 0) is 9.09 Å². The lowest BCUT2D eigenvalue weighted by atomic mass is 10.1. The minimum Gasteiger partial charge on any atom is -0.424 e. The molecule has 0 spiro atoms. The molecule has 8 heteroatoms. The number of fused-ring (bicyclic) bond motifs is 1. The van der Waals surface area contributed by atoms with Crippen molar-refractivity contribution < 1.29 is 23.2 Å². The van der Waals surface area contributed by atoms with E-state index in [0.717, 1.165) is 4.90 Å². The number of anilines is 1. The van der Waals surface area contributed by atoms with Crippen LogP contribution in [0, 0.1) is 0 Å². The molecule has 3 rings (SSSR count). The number of amides is 2. The fourth-order valence-corrected chi connectivity index (χ4v) is 4.24. The molecule has 2 N–H and O–H groups in total. The van der Waals surface area contributed by atoms with Gasteiger partial charge in [0.05, 0.1) is 23.9 Å². The van der Waals surface area contributed by atoms with Crippen LogP contribution in [0.4, 0.5) is 5.69 Å². The van der Waals surface area contributed by atoms with E-state index in [1.54, 1.807) is 55.5 Å². The van der Waals surface area contributed by atoms with E-state index in [2.05, 4.69) is 0 Å². The molecule has 0 radical (unpaired) electrons. The Bertz CT molecular complexity index is 846. The molecule has 1 heterocycles. The fraction of sp³-hybridized carbons (Fsp3) is 0.222. The Balaban J connectivity index is 1.73. The van der Waals surface area contributed by atoms with Crippen LogP contribution in [0.5, 0.6) is 5.75 Å². The Morgan fingerprint density at radius 1 is 1.00 bits per heavy atom. The van der Waals surface area contributed by atoms with Gasteiger partial charge in [0, 0.05) is 12.2 Å². The molecule has 1 unspecified atom stereocenters. The highest BCUT2D eigenvalue weighted by atomic mass is 31.2. The quantitative estimate of drug-likeness (QED) is 0.454. The molecule has 1 aliphatic rings. The van der Waals surface area contributed by atoms with Gasteiger partial charge in [-0.25, -0.2) is 4.57 Å². The first-order valence-electron chi connectivity index (χ1n) is 8.17. The average Bonchev–Trinajstić information content (AvgIpc) is 2.87. The van der Waals surface area contributed by atoms with E-state index in [0.29, 0.717) is 22.6 Å². The number of nitrogens with zero attached hydrogens (tertiary/aromatic N) is 1. The van der Waals surface area contributed by atoms with Gasteiger partial charge in [-0.3, -0.25) is 14.5 Å². The second-order valence-corrected chi connectivity index (χ2v) is 7.83. The van der Waals surface area contributed by atoms with Crippen LogP contribution in [0.1, 0.15) is 27.6 Å². The Labute approximate surface area is 151 Å². The van der Waals surface area contributed by atoms with Crippen LogP contribution in [0.2, 0.25) is 0 Å². The number of nitrogen functional groups attached to an aromatic ring is 1. The molecule has 0 aliphatic carbocycles. The van der Waals surface area contributed by atoms with Crippen molar-refractivity contribution >= 4 is 25.1 Å². The standard InChI is InChI=1S/C18H19N2O5P/c1-2-24-26(23,25-14-9-7-13(19)8-10-14)12-11-20-17(21)15-5-3-4-6-16(15)18(20)22/h3-10H,2,11-12,19H2,1H3. The van der Waals surface area contributed by atoms with E-state index in [1.165, 1.54) is 0 Å². The van der Waals surface area contributed by atoms with Gasteiger partial charge in [-0.15, -0.1) is 0 Å². The van der Waals surface area contributed by atoms with Crippen molar-refractivity contribution in [1.82, 2.24) is 4.90 Å². The molecule has 1 aliphatic heterocycles. The van der Waals surface area contributed by atoms with Crippen LogP contribution in [0.15, 0.2) is 48.5 Å². The lowest BCUT2D eigenvalue weighted by Crippen LogP contribution is -2.32. The number of benzene rings is 2. The highest BCUT2D eigenvalue weighted by Gasteiger charge is 2.37. The Hall–Kier alpha value is -2.63. The van der Waals surface area contributed by atoms with Crippen LogP contribution in [0.3, 0.4) is 0 Å². The summed E-state index contributed by atoms with van der Waals surface area (Å²) in [5.41, 5.74) is 6.88. The zero-order valence-electron chi connectivity index (χ0n) is 14.3. The highest BCUT2D eigenvalue weighted by molar-refractivity contribution is 7.54. The van der Waals surface area contributed by atoms with Gasteiger partial charge in [-0.1, -0.05) is 12.1 Å². The van der Waals surface area contributed by atoms with E-state index < -0.39 is 19.4 Å². The van der Waals surface area contributed by atoms with E-state index in [-0.39, 0.29) is 19.3 Å². The average molecular weight is 374 g/mol. The van der Waals surface area contributed by atoms with Crippen molar-refractivity contribution in [2.75, 3.05) is 25.0 Å². The second-order valence-electron chi connectivity index (χ2n) is 5.72. The fourth-order valence-electron chi connectivity index (χ4n) is 2.69. The lowest BCUT2D eigenvalue weighted by molar-refractivity contribution is 0.0662. The number of imide groups is 1. The topological polar surface area (TPSA) is 98.9 Å². The molecule has 0 saturated heterocycles. The van der Waals surface area contributed by atoms with Crippen molar-refractivity contribution in [2.45, 2.75) is 6.92 Å². The summed E-state index contributed by atoms with van der Waals surface area (Å²) in [5.74, 6) is -0.458. The third-order valence-corrected chi connectivity index (χ3v) is 5.81. The molecule has 136 valence electrons. The number of hydrogen-bond donors (Lipinski definition) is 1. The molecule has 0 aromatic heterocycles. The summed E-state index contributed by atoms with van der Waals surface area (Å²) in [6.45, 7) is 1.81. The third kappa shape index (κ3) is 3.64. The minimum absolute atomic E-state index is 0.0569. The predicted octanol–water partition coefficient (Wildman–Crippen LogP) is 3.17. The van der Waals surface area contributed by atoms with E-state index in [1.807, 2.05) is 0 Å². The molecule has 1 atom stereocenters. The first-order chi connectivity index (χ1) is 12.4. The molecule has 0 fully saturated rings. The highest BCUT2D eigenvalue weighted by Crippen LogP contribution is 2.48. The van der Waals surface area contributed by atoms with E-state index in [4.69, 9.17) is 14.8 Å². The molecule has 2 aromatic rings. The number of nitrogens with two attached hydrogens (primary N) is 1. The maximum atomic E-state index is 13.0. The molecular weight excluding hydrogens is 355 g/mol. The SMILES string of the molecule is CCOP(=O)(CCN1C(=O)c2ccccc2C1=O)Oc1ccc(N)cc1. The van der Waals surface area contributed by atoms with Gasteiger partial charge in [0.1, 0.15) is 5.75 Å². The van der Waals surface area contributed by atoms with Gasteiger partial charge in [-0.2, -0.15) is 0 Å². The van der Waals surface area contributed by atoms with Gasteiger partial charge in [-0.05, 0) is 43.3 Å². The minimum atomic E-state index is -3.54. The van der Waals surface area contributed by atoms with Crippen molar-refractivity contribution in [2.24, 2.45) is 0 Å². The molecule has 2 amide bonds. The van der Waals surface area contributed by atoms with Gasteiger partial charge in [0.25, 0.3) is 11.8 Å². The van der Waals surface area contributed by atoms with Crippen LogP contribution < -0.4 is 10.3 Å². The van der Waals surface area contributed by atoms with Gasteiger partial charge < -0.3 is 14.8 Å². The second kappa shape index (κ2) is 7.32. The van der Waals surface area contributed by atoms with E-state index in [9.17, 15) is 14.2 Å². The summed E-state index contributed by atoms with van der Waals surface area (Å²) in [7, 11) is -3.54. The zero-order valence-corrected chi connectivity index (χ0v) is 15.1. The molecular formula is C18H19N2O5P. The first kappa shape index (κ1) is 18.2. The maximum absolute atomic E-state index is 13.0. The van der Waals surface area contributed by atoms with Crippen LogP contribution >= 0.6 is 7.60 Å². The summed E-state index contributed by atoms with van der Waals surface area (Å²) in [6, 6.07) is 13.0. The van der Waals surface area contributed by atoms with Crippen molar-refractivity contribution in [1.29, 1.82) is 0 Å². The number of carbonyl (C=O) groups excluding carboxylic acids is 2. The summed E-state index contributed by atoms with van der Waals surface area (Å²) >= 11 is 0. The Morgan fingerprint density at radius 2 is 1.58 bits per heavy atom. The third-order valence-electron chi connectivity index (χ3n) is 3.93. The van der Waals surface area contributed by atoms with Crippen molar-refractivity contribution in [3.8, 4) is 5.75 Å². The Morgan fingerprint density at radius 3 is 2.12 bits per heavy atom. The summed E-state index contributed by atoms with van der Waals surface area (Å²) < 4.78 is 23.8. The lowest BCUT2D eigenvalue weighted by Gasteiger charge is -2.21. The maximum Gasteiger partial charge on any atom is 0.380 e. The van der Waals surface area contributed by atoms with Gasteiger partial charge in [0.15, 0.2) is 0 Å². The smallest absolute Gasteiger partial charge is 0.380 e. The monoisotopic (exact) mass is 374 g/mol. The Kier molecular flexibility index (Phi) is 5.11. The van der Waals surface area contributed by atoms with Crippen molar-refractivity contribution in [3.05, 3.63) is 59.7 Å². The summed E-state index contributed by atoms with van der Waals surface area (Å²) in [5, 5.41) is 0. The molecule has 2 aromatic carbocycles. The summed E-state index contributed by atoms with van der Waals surface area (Å²) in [6.07, 6.45) is -0.101. The number of rotatable bonds is 7. The molecule has 7 nitrogen and oxygen atoms in total. The number of carbonyl (C=O) groups is 2. The van der Waals surface area contributed by atoms with E-state index >= 15 is 0 Å². The van der Waals surface area contributed by atoms with Gasteiger partial charge >= 0.3 is 7.60 Å². The predicted molar refractivity (Wildman–Crippen MR) is 97.4 cm³/mol.